The highest BCUT2D eigenvalue weighted by Crippen LogP contribution is 2.24. The van der Waals surface area contributed by atoms with Crippen molar-refractivity contribution in [3.63, 3.8) is 0 Å². The minimum absolute atomic E-state index is 0.0949. The summed E-state index contributed by atoms with van der Waals surface area (Å²) in [5, 5.41) is 14.1. The van der Waals surface area contributed by atoms with Gasteiger partial charge in [0.2, 0.25) is 5.91 Å². The van der Waals surface area contributed by atoms with Crippen LogP contribution < -0.4 is 15.4 Å². The molecular weight excluding hydrogens is 331 g/mol. The molecule has 1 heterocycles. The number of hydrogen-bond acceptors (Lipinski definition) is 4. The maximum absolute atomic E-state index is 12.3. The first-order valence-electron chi connectivity index (χ1n) is 7.12. The predicted octanol–water partition coefficient (Wildman–Crippen LogP) is 1.30. The molecule has 1 atom stereocenters. The molecular formula is C14H16F3N3O4. The number of ether oxygens (including phenoxy) is 1. The smallest absolute Gasteiger partial charge is 0.406 e. The van der Waals surface area contributed by atoms with Crippen LogP contribution in [0, 0.1) is 0 Å². The summed E-state index contributed by atoms with van der Waals surface area (Å²) in [7, 11) is 0. The first kappa shape index (κ1) is 17.9. The van der Waals surface area contributed by atoms with E-state index in [-0.39, 0.29) is 37.7 Å². The van der Waals surface area contributed by atoms with Crippen molar-refractivity contribution in [3.05, 3.63) is 24.3 Å². The molecule has 24 heavy (non-hydrogen) atoms. The van der Waals surface area contributed by atoms with Gasteiger partial charge in [0.05, 0.1) is 0 Å². The van der Waals surface area contributed by atoms with Gasteiger partial charge in [-0.15, -0.1) is 13.2 Å². The number of anilines is 1. The van der Waals surface area contributed by atoms with Crippen LogP contribution in [-0.2, 0) is 4.79 Å². The molecule has 2 rings (SSSR count). The highest BCUT2D eigenvalue weighted by molar-refractivity contribution is 5.94. The van der Waals surface area contributed by atoms with Crippen molar-refractivity contribution in [2.75, 3.05) is 25.0 Å². The summed E-state index contributed by atoms with van der Waals surface area (Å²) in [6.45, 7) is 0.287. The van der Waals surface area contributed by atoms with Gasteiger partial charge in [-0.05, 0) is 30.7 Å². The number of piperazine rings is 1. The van der Waals surface area contributed by atoms with Gasteiger partial charge in [-0.2, -0.15) is 0 Å². The lowest BCUT2D eigenvalue weighted by Crippen LogP contribution is -2.58. The SMILES string of the molecule is O=C1NCCN(C(=O)Nc2ccc(OC(F)(F)F)cc2)[C@H]1CCO. The van der Waals surface area contributed by atoms with Crippen LogP contribution in [0.3, 0.4) is 0 Å². The standard InChI is InChI=1S/C14H16F3N3O4/c15-14(16,17)24-10-3-1-9(2-4-10)19-13(23)20-7-6-18-12(22)11(20)5-8-21/h1-4,11,21H,5-8H2,(H,18,22)(H,19,23)/t11-/m0/s1. The van der Waals surface area contributed by atoms with Crippen molar-refractivity contribution in [2.24, 2.45) is 0 Å². The second-order valence-electron chi connectivity index (χ2n) is 5.01. The summed E-state index contributed by atoms with van der Waals surface area (Å²) in [6, 6.07) is 3.27. The van der Waals surface area contributed by atoms with Gasteiger partial charge in [0, 0.05) is 25.4 Å². The highest BCUT2D eigenvalue weighted by Gasteiger charge is 2.33. The maximum atomic E-state index is 12.3. The number of amides is 3. The molecule has 3 N–H and O–H groups in total. The first-order chi connectivity index (χ1) is 11.3. The Balaban J connectivity index is 2.01. The van der Waals surface area contributed by atoms with E-state index in [1.807, 2.05) is 0 Å². The predicted molar refractivity (Wildman–Crippen MR) is 77.4 cm³/mol. The van der Waals surface area contributed by atoms with Crippen LogP contribution in [0.5, 0.6) is 5.75 Å². The third-order valence-electron chi connectivity index (χ3n) is 3.33. The van der Waals surface area contributed by atoms with Gasteiger partial charge in [-0.25, -0.2) is 4.79 Å². The number of carbonyl (C=O) groups excluding carboxylic acids is 2. The highest BCUT2D eigenvalue weighted by atomic mass is 19.4. The summed E-state index contributed by atoms with van der Waals surface area (Å²) in [4.78, 5) is 25.3. The van der Waals surface area contributed by atoms with Gasteiger partial charge < -0.3 is 25.4 Å². The molecule has 10 heteroatoms. The number of nitrogens with zero attached hydrogens (tertiary/aromatic N) is 1. The molecule has 7 nitrogen and oxygen atoms in total. The van der Waals surface area contributed by atoms with E-state index in [1.165, 1.54) is 17.0 Å². The molecule has 0 spiro atoms. The van der Waals surface area contributed by atoms with E-state index < -0.39 is 24.2 Å². The Kier molecular flexibility index (Phi) is 5.50. The van der Waals surface area contributed by atoms with Crippen LogP contribution in [0.4, 0.5) is 23.7 Å². The Morgan fingerprint density at radius 1 is 1.38 bits per heavy atom. The minimum atomic E-state index is -4.79. The number of hydrogen-bond donors (Lipinski definition) is 3. The molecule has 132 valence electrons. The number of rotatable bonds is 4. The normalized spacial score (nSPS) is 18.1. The Hall–Kier alpha value is -2.49. The number of alkyl halides is 3. The van der Waals surface area contributed by atoms with Gasteiger partial charge in [0.15, 0.2) is 0 Å². The van der Waals surface area contributed by atoms with E-state index in [1.54, 1.807) is 0 Å². The summed E-state index contributed by atoms with van der Waals surface area (Å²) < 4.78 is 40.0. The van der Waals surface area contributed by atoms with Gasteiger partial charge in [0.1, 0.15) is 11.8 Å². The van der Waals surface area contributed by atoms with Crippen molar-refractivity contribution in [2.45, 2.75) is 18.8 Å². The fourth-order valence-corrected chi connectivity index (χ4v) is 2.30. The maximum Gasteiger partial charge on any atom is 0.573 e. The van der Waals surface area contributed by atoms with Crippen molar-refractivity contribution < 1.29 is 32.6 Å². The lowest BCUT2D eigenvalue weighted by molar-refractivity contribution is -0.274. The number of benzene rings is 1. The molecule has 0 aromatic heterocycles. The number of nitrogens with one attached hydrogen (secondary N) is 2. The topological polar surface area (TPSA) is 90.9 Å². The zero-order chi connectivity index (χ0) is 17.7. The average molecular weight is 347 g/mol. The molecule has 1 aliphatic heterocycles. The lowest BCUT2D eigenvalue weighted by atomic mass is 10.1. The largest absolute Gasteiger partial charge is 0.573 e. The molecule has 1 aromatic rings. The van der Waals surface area contributed by atoms with Gasteiger partial charge in [-0.3, -0.25) is 4.79 Å². The fourth-order valence-electron chi connectivity index (χ4n) is 2.30. The van der Waals surface area contributed by atoms with Crippen LogP contribution in [0.2, 0.25) is 0 Å². The van der Waals surface area contributed by atoms with Crippen LogP contribution in [-0.4, -0.2) is 54.0 Å². The van der Waals surface area contributed by atoms with Crippen molar-refractivity contribution in [3.8, 4) is 5.75 Å². The van der Waals surface area contributed by atoms with E-state index >= 15 is 0 Å². The fraction of sp³-hybridized carbons (Fsp3) is 0.429. The molecule has 1 aromatic carbocycles. The first-order valence-corrected chi connectivity index (χ1v) is 7.12. The molecule has 0 saturated carbocycles. The monoisotopic (exact) mass is 347 g/mol. The number of carbonyl (C=O) groups is 2. The van der Waals surface area contributed by atoms with Crippen molar-refractivity contribution in [1.29, 1.82) is 0 Å². The number of urea groups is 1. The summed E-state index contributed by atoms with van der Waals surface area (Å²) in [5.41, 5.74) is 0.253. The zero-order valence-electron chi connectivity index (χ0n) is 12.5. The quantitative estimate of drug-likeness (QED) is 0.766. The molecule has 3 amide bonds. The van der Waals surface area contributed by atoms with Crippen LogP contribution in [0.1, 0.15) is 6.42 Å². The molecule has 1 saturated heterocycles. The molecule has 0 aliphatic carbocycles. The molecule has 1 aliphatic rings. The molecule has 0 bridgehead atoms. The third-order valence-corrected chi connectivity index (χ3v) is 3.33. The Bertz CT molecular complexity index is 592. The van der Waals surface area contributed by atoms with E-state index in [4.69, 9.17) is 5.11 Å². The second kappa shape index (κ2) is 7.39. The zero-order valence-corrected chi connectivity index (χ0v) is 12.5. The van der Waals surface area contributed by atoms with Crippen LogP contribution >= 0.6 is 0 Å². The summed E-state index contributed by atoms with van der Waals surface area (Å²) >= 11 is 0. The third kappa shape index (κ3) is 4.75. The second-order valence-corrected chi connectivity index (χ2v) is 5.01. The van der Waals surface area contributed by atoms with E-state index in [2.05, 4.69) is 15.4 Å². The molecule has 0 unspecified atom stereocenters. The number of aliphatic hydroxyl groups excluding tert-OH is 1. The molecule has 0 radical (unpaired) electrons. The lowest BCUT2D eigenvalue weighted by Gasteiger charge is -2.34. The number of halogens is 3. The Morgan fingerprint density at radius 3 is 2.62 bits per heavy atom. The Labute approximate surface area is 135 Å². The summed E-state index contributed by atoms with van der Waals surface area (Å²) in [6.07, 6.45) is -4.69. The van der Waals surface area contributed by atoms with E-state index in [0.717, 1.165) is 12.1 Å². The van der Waals surface area contributed by atoms with E-state index in [9.17, 15) is 22.8 Å². The van der Waals surface area contributed by atoms with E-state index in [0.29, 0.717) is 0 Å². The average Bonchev–Trinajstić information content (AvgIpc) is 2.50. The Morgan fingerprint density at radius 2 is 2.04 bits per heavy atom. The molecule has 1 fully saturated rings. The van der Waals surface area contributed by atoms with Crippen LogP contribution in [0.15, 0.2) is 24.3 Å². The minimum Gasteiger partial charge on any atom is -0.406 e. The summed E-state index contributed by atoms with van der Waals surface area (Å²) in [5.74, 6) is -0.768. The van der Waals surface area contributed by atoms with Crippen molar-refractivity contribution >= 4 is 17.6 Å². The van der Waals surface area contributed by atoms with Gasteiger partial charge >= 0.3 is 12.4 Å². The van der Waals surface area contributed by atoms with Gasteiger partial charge in [-0.1, -0.05) is 0 Å². The van der Waals surface area contributed by atoms with Crippen LogP contribution in [0.25, 0.3) is 0 Å². The van der Waals surface area contributed by atoms with Gasteiger partial charge in [0.25, 0.3) is 0 Å². The van der Waals surface area contributed by atoms with Crippen molar-refractivity contribution in [1.82, 2.24) is 10.2 Å². The number of aliphatic hydroxyl groups is 1.